The topological polar surface area (TPSA) is 101 Å². The molecule has 1 fully saturated rings. The number of carbonyl (C=O) groups is 3. The third-order valence-corrected chi connectivity index (χ3v) is 5.29. The number of amides is 2. The number of ether oxygens (including phenoxy) is 2. The predicted molar refractivity (Wildman–Crippen MR) is 113 cm³/mol. The largest absolute Gasteiger partial charge is 0.486 e. The van der Waals surface area contributed by atoms with E-state index in [2.05, 4.69) is 10.3 Å². The Kier molecular flexibility index (Phi) is 6.13. The van der Waals surface area contributed by atoms with Gasteiger partial charge in [-0.15, -0.1) is 0 Å². The molecule has 3 heterocycles. The molecule has 0 bridgehead atoms. The van der Waals surface area contributed by atoms with Crippen molar-refractivity contribution < 1.29 is 23.9 Å². The van der Waals surface area contributed by atoms with E-state index in [0.717, 1.165) is 0 Å². The van der Waals surface area contributed by atoms with Crippen molar-refractivity contribution in [2.45, 2.75) is 6.92 Å². The monoisotopic (exact) mass is 424 g/mol. The molecule has 9 heteroatoms. The third-order valence-electron chi connectivity index (χ3n) is 5.29. The maximum absolute atomic E-state index is 12.6. The molecule has 2 aliphatic rings. The molecule has 0 unspecified atom stereocenters. The smallest absolute Gasteiger partial charge is 0.254 e. The van der Waals surface area contributed by atoms with Crippen LogP contribution in [0.15, 0.2) is 36.7 Å². The second-order valence-corrected chi connectivity index (χ2v) is 7.45. The molecule has 4 rings (SSSR count). The van der Waals surface area contributed by atoms with E-state index in [1.54, 1.807) is 41.6 Å². The molecule has 0 saturated carbocycles. The lowest BCUT2D eigenvalue weighted by molar-refractivity contribution is -0.117. The number of nitrogens with one attached hydrogen (secondary N) is 1. The van der Waals surface area contributed by atoms with Crippen molar-refractivity contribution in [2.75, 3.05) is 51.3 Å². The van der Waals surface area contributed by atoms with Gasteiger partial charge >= 0.3 is 0 Å². The number of Topliss-reactive ketones (excluding diaryl/α,β-unsaturated/α-hetero) is 1. The van der Waals surface area contributed by atoms with Crippen LogP contribution in [0.2, 0.25) is 0 Å². The zero-order valence-electron chi connectivity index (χ0n) is 17.3. The SMILES string of the molecule is CC(=O)c1cc2c(cc1NC(=O)CN1CCN(C(=O)c3ccncc3)CC1)OCCO2. The number of anilines is 1. The van der Waals surface area contributed by atoms with Gasteiger partial charge in [-0.2, -0.15) is 0 Å². The van der Waals surface area contributed by atoms with E-state index in [-0.39, 0.29) is 24.1 Å². The van der Waals surface area contributed by atoms with Gasteiger partial charge < -0.3 is 19.7 Å². The number of pyridine rings is 1. The molecular formula is C22H24N4O5. The van der Waals surface area contributed by atoms with Crippen molar-refractivity contribution in [1.29, 1.82) is 0 Å². The molecule has 0 aliphatic carbocycles. The number of nitrogens with zero attached hydrogens (tertiary/aromatic N) is 3. The Hall–Kier alpha value is -3.46. The van der Waals surface area contributed by atoms with Crippen molar-refractivity contribution in [3.63, 3.8) is 0 Å². The molecular weight excluding hydrogens is 400 g/mol. The molecule has 0 radical (unpaired) electrons. The average Bonchev–Trinajstić information content (AvgIpc) is 2.79. The van der Waals surface area contributed by atoms with Crippen LogP contribution in [0.25, 0.3) is 0 Å². The van der Waals surface area contributed by atoms with E-state index in [4.69, 9.17) is 9.47 Å². The zero-order chi connectivity index (χ0) is 21.8. The first-order valence-corrected chi connectivity index (χ1v) is 10.2. The third kappa shape index (κ3) is 4.83. The summed E-state index contributed by atoms with van der Waals surface area (Å²) < 4.78 is 11.1. The van der Waals surface area contributed by atoms with Gasteiger partial charge in [0.25, 0.3) is 5.91 Å². The molecule has 1 aromatic heterocycles. The quantitative estimate of drug-likeness (QED) is 0.725. The Morgan fingerprint density at radius 1 is 1.00 bits per heavy atom. The summed E-state index contributed by atoms with van der Waals surface area (Å²) in [7, 11) is 0. The van der Waals surface area contributed by atoms with E-state index in [1.807, 2.05) is 4.90 Å². The van der Waals surface area contributed by atoms with Crippen LogP contribution in [0.5, 0.6) is 11.5 Å². The Morgan fingerprint density at radius 2 is 1.65 bits per heavy atom. The van der Waals surface area contributed by atoms with Crippen molar-refractivity contribution in [1.82, 2.24) is 14.8 Å². The van der Waals surface area contributed by atoms with Crippen molar-refractivity contribution >= 4 is 23.3 Å². The summed E-state index contributed by atoms with van der Waals surface area (Å²) in [4.78, 5) is 44.9. The van der Waals surface area contributed by atoms with Crippen molar-refractivity contribution in [3.8, 4) is 11.5 Å². The van der Waals surface area contributed by atoms with Crippen LogP contribution in [0, 0.1) is 0 Å². The van der Waals surface area contributed by atoms with E-state index in [1.165, 1.54) is 6.92 Å². The van der Waals surface area contributed by atoms with Gasteiger partial charge in [0.2, 0.25) is 5.91 Å². The van der Waals surface area contributed by atoms with Crippen LogP contribution in [0.4, 0.5) is 5.69 Å². The summed E-state index contributed by atoms with van der Waals surface area (Å²) in [5.41, 5.74) is 1.40. The van der Waals surface area contributed by atoms with Gasteiger partial charge in [0.15, 0.2) is 17.3 Å². The first-order valence-electron chi connectivity index (χ1n) is 10.2. The minimum absolute atomic E-state index is 0.0334. The predicted octanol–water partition coefficient (Wildman–Crippen LogP) is 1.45. The summed E-state index contributed by atoms with van der Waals surface area (Å²) in [6, 6.07) is 6.63. The highest BCUT2D eigenvalue weighted by molar-refractivity contribution is 6.05. The molecule has 1 aromatic carbocycles. The van der Waals surface area contributed by atoms with E-state index in [9.17, 15) is 14.4 Å². The molecule has 2 amide bonds. The Bertz CT molecular complexity index is 987. The van der Waals surface area contributed by atoms with Gasteiger partial charge in [0.05, 0.1) is 12.2 Å². The minimum atomic E-state index is -0.229. The van der Waals surface area contributed by atoms with Gasteiger partial charge in [0.1, 0.15) is 13.2 Å². The van der Waals surface area contributed by atoms with Crippen LogP contribution in [0.3, 0.4) is 0 Å². The highest BCUT2D eigenvalue weighted by Gasteiger charge is 2.24. The lowest BCUT2D eigenvalue weighted by atomic mass is 10.1. The highest BCUT2D eigenvalue weighted by Crippen LogP contribution is 2.35. The molecule has 2 aliphatic heterocycles. The molecule has 1 N–H and O–H groups in total. The first-order chi connectivity index (χ1) is 15.0. The molecule has 2 aromatic rings. The number of benzene rings is 1. The number of hydrogen-bond acceptors (Lipinski definition) is 7. The number of ketones is 1. The Balaban J connectivity index is 1.35. The van der Waals surface area contributed by atoms with E-state index >= 15 is 0 Å². The second-order valence-electron chi connectivity index (χ2n) is 7.45. The minimum Gasteiger partial charge on any atom is -0.486 e. The van der Waals surface area contributed by atoms with E-state index in [0.29, 0.717) is 67.7 Å². The lowest BCUT2D eigenvalue weighted by Crippen LogP contribution is -2.50. The average molecular weight is 424 g/mol. The number of carbonyl (C=O) groups excluding carboxylic acids is 3. The Labute approximate surface area is 179 Å². The van der Waals surface area contributed by atoms with Gasteiger partial charge in [-0.05, 0) is 25.1 Å². The number of hydrogen-bond donors (Lipinski definition) is 1. The summed E-state index contributed by atoms with van der Waals surface area (Å²) >= 11 is 0. The van der Waals surface area contributed by atoms with Crippen molar-refractivity contribution in [3.05, 3.63) is 47.8 Å². The van der Waals surface area contributed by atoms with Gasteiger partial charge in [0, 0.05) is 55.8 Å². The lowest BCUT2D eigenvalue weighted by Gasteiger charge is -2.34. The number of piperazine rings is 1. The summed E-state index contributed by atoms with van der Waals surface area (Å²) in [5, 5.41) is 2.82. The molecule has 9 nitrogen and oxygen atoms in total. The fraction of sp³-hybridized carbons (Fsp3) is 0.364. The number of fused-ring (bicyclic) bond motifs is 1. The molecule has 0 spiro atoms. The summed E-state index contributed by atoms with van der Waals surface area (Å²) in [6.07, 6.45) is 3.20. The maximum atomic E-state index is 12.6. The normalized spacial score (nSPS) is 16.0. The summed E-state index contributed by atoms with van der Waals surface area (Å²) in [6.45, 7) is 4.71. The fourth-order valence-electron chi connectivity index (χ4n) is 3.66. The maximum Gasteiger partial charge on any atom is 0.254 e. The highest BCUT2D eigenvalue weighted by atomic mass is 16.6. The number of aromatic nitrogens is 1. The Morgan fingerprint density at radius 3 is 2.29 bits per heavy atom. The first kappa shape index (κ1) is 20.8. The van der Waals surface area contributed by atoms with Gasteiger partial charge in [-0.3, -0.25) is 24.3 Å². The van der Waals surface area contributed by atoms with E-state index < -0.39 is 0 Å². The molecule has 0 atom stereocenters. The van der Waals surface area contributed by atoms with Crippen molar-refractivity contribution in [2.24, 2.45) is 0 Å². The number of rotatable bonds is 5. The summed E-state index contributed by atoms with van der Waals surface area (Å²) in [5.74, 6) is 0.580. The second kappa shape index (κ2) is 9.13. The van der Waals surface area contributed by atoms with Crippen LogP contribution < -0.4 is 14.8 Å². The van der Waals surface area contributed by atoms with Crippen LogP contribution >= 0.6 is 0 Å². The zero-order valence-corrected chi connectivity index (χ0v) is 17.3. The molecule has 1 saturated heterocycles. The van der Waals surface area contributed by atoms with Gasteiger partial charge in [-0.25, -0.2) is 0 Å². The standard InChI is InChI=1S/C22H24N4O5/c1-15(27)17-12-19-20(31-11-10-30-19)13-18(17)24-21(28)14-25-6-8-26(9-7-25)22(29)16-2-4-23-5-3-16/h2-5,12-13H,6-11,14H2,1H3,(H,24,28). The van der Waals surface area contributed by atoms with Crippen LogP contribution in [0.1, 0.15) is 27.6 Å². The molecule has 31 heavy (non-hydrogen) atoms. The van der Waals surface area contributed by atoms with Crippen LogP contribution in [-0.2, 0) is 4.79 Å². The molecule has 162 valence electrons. The van der Waals surface area contributed by atoms with Crippen LogP contribution in [-0.4, -0.2) is 78.3 Å². The van der Waals surface area contributed by atoms with Gasteiger partial charge in [-0.1, -0.05) is 0 Å². The fourth-order valence-corrected chi connectivity index (χ4v) is 3.66.